The fraction of sp³-hybridized carbons (Fsp3) is 0.750. The summed E-state index contributed by atoms with van der Waals surface area (Å²) in [6.45, 7) is 10.5. The third kappa shape index (κ3) is 8.40. The molecule has 1 rings (SSSR count). The summed E-state index contributed by atoms with van der Waals surface area (Å²) in [6.07, 6.45) is 5.11. The van der Waals surface area contributed by atoms with E-state index in [-0.39, 0.29) is 0 Å². The van der Waals surface area contributed by atoms with Crippen LogP contribution < -0.4 is 5.32 Å². The van der Waals surface area contributed by atoms with E-state index in [1.54, 1.807) is 0 Å². The third-order valence-electron chi connectivity index (χ3n) is 2.96. The van der Waals surface area contributed by atoms with E-state index in [9.17, 15) is 0 Å². The Morgan fingerprint density at radius 1 is 1.16 bits per heavy atom. The van der Waals surface area contributed by atoms with Crippen molar-refractivity contribution in [3.8, 4) is 0 Å². The van der Waals surface area contributed by atoms with Gasteiger partial charge in [0.25, 0.3) is 0 Å². The van der Waals surface area contributed by atoms with Crippen molar-refractivity contribution < 1.29 is 4.74 Å². The molecule has 1 aromatic rings. The van der Waals surface area contributed by atoms with Crippen LogP contribution in [0.3, 0.4) is 0 Å². The Bertz CT molecular complexity index is 322. The zero-order chi connectivity index (χ0) is 13.9. The van der Waals surface area contributed by atoms with Crippen LogP contribution in [-0.4, -0.2) is 13.2 Å². The van der Waals surface area contributed by atoms with E-state index < -0.39 is 0 Å². The number of unbranched alkanes of at least 4 members (excludes halogenated alkanes) is 3. The molecule has 1 N–H and O–H groups in total. The SMILES string of the molecule is CCCCCCOCc1ccc(CNCC(C)C)s1. The predicted molar refractivity (Wildman–Crippen MR) is 84.7 cm³/mol. The molecule has 0 aromatic carbocycles. The number of thiophene rings is 1. The fourth-order valence-electron chi connectivity index (χ4n) is 1.88. The molecule has 0 saturated carbocycles. The third-order valence-corrected chi connectivity index (χ3v) is 4.01. The molecule has 0 aliphatic carbocycles. The van der Waals surface area contributed by atoms with E-state index in [4.69, 9.17) is 4.74 Å². The first kappa shape index (κ1) is 16.7. The van der Waals surface area contributed by atoms with E-state index in [0.29, 0.717) is 5.92 Å². The molecular formula is C16H29NOS. The summed E-state index contributed by atoms with van der Waals surface area (Å²) < 4.78 is 5.71. The van der Waals surface area contributed by atoms with E-state index in [2.05, 4.69) is 38.2 Å². The standard InChI is InChI=1S/C16H29NOS/c1-4-5-6-7-10-18-13-16-9-8-15(19-16)12-17-11-14(2)3/h8-9,14,17H,4-7,10-13H2,1-3H3. The molecule has 1 heterocycles. The molecule has 0 amide bonds. The fourth-order valence-corrected chi connectivity index (χ4v) is 2.81. The highest BCUT2D eigenvalue weighted by Gasteiger charge is 2.01. The Labute approximate surface area is 122 Å². The molecule has 0 aliphatic rings. The lowest BCUT2D eigenvalue weighted by Gasteiger charge is -2.05. The second kappa shape index (κ2) is 10.4. The average molecular weight is 283 g/mol. The van der Waals surface area contributed by atoms with Gasteiger partial charge in [-0.05, 0) is 31.0 Å². The van der Waals surface area contributed by atoms with E-state index in [0.717, 1.165) is 26.3 Å². The molecule has 0 aliphatic heterocycles. The zero-order valence-electron chi connectivity index (χ0n) is 12.7. The molecule has 0 fully saturated rings. The highest BCUT2D eigenvalue weighted by atomic mass is 32.1. The summed E-state index contributed by atoms with van der Waals surface area (Å²) in [5, 5.41) is 3.47. The normalized spacial score (nSPS) is 11.4. The quantitative estimate of drug-likeness (QED) is 0.600. The minimum atomic E-state index is 0.714. The Hall–Kier alpha value is -0.380. The minimum Gasteiger partial charge on any atom is -0.376 e. The van der Waals surface area contributed by atoms with Crippen molar-refractivity contribution in [3.05, 3.63) is 21.9 Å². The van der Waals surface area contributed by atoms with Gasteiger partial charge in [0.1, 0.15) is 0 Å². The Kier molecular flexibility index (Phi) is 9.14. The Morgan fingerprint density at radius 2 is 1.95 bits per heavy atom. The minimum absolute atomic E-state index is 0.714. The van der Waals surface area contributed by atoms with E-state index in [1.807, 2.05) is 11.3 Å². The zero-order valence-corrected chi connectivity index (χ0v) is 13.5. The summed E-state index contributed by atoms with van der Waals surface area (Å²) in [7, 11) is 0. The van der Waals surface area contributed by atoms with Crippen LogP contribution in [-0.2, 0) is 17.9 Å². The lowest BCUT2D eigenvalue weighted by molar-refractivity contribution is 0.119. The van der Waals surface area contributed by atoms with Crippen LogP contribution in [0, 0.1) is 5.92 Å². The van der Waals surface area contributed by atoms with Crippen molar-refractivity contribution in [3.63, 3.8) is 0 Å². The summed E-state index contributed by atoms with van der Waals surface area (Å²) in [5.74, 6) is 0.714. The molecule has 0 spiro atoms. The molecule has 19 heavy (non-hydrogen) atoms. The highest BCUT2D eigenvalue weighted by Crippen LogP contribution is 2.17. The number of ether oxygens (including phenoxy) is 1. The number of hydrogen-bond acceptors (Lipinski definition) is 3. The van der Waals surface area contributed by atoms with Gasteiger partial charge in [-0.3, -0.25) is 0 Å². The number of rotatable bonds is 11. The van der Waals surface area contributed by atoms with E-state index in [1.165, 1.54) is 35.4 Å². The van der Waals surface area contributed by atoms with Crippen LogP contribution in [0.1, 0.15) is 56.2 Å². The first-order valence-corrected chi connectivity index (χ1v) is 8.40. The summed E-state index contributed by atoms with van der Waals surface area (Å²) >= 11 is 1.87. The summed E-state index contributed by atoms with van der Waals surface area (Å²) in [5.41, 5.74) is 0. The van der Waals surface area contributed by atoms with Crippen molar-refractivity contribution in [2.24, 2.45) is 5.92 Å². The molecular weight excluding hydrogens is 254 g/mol. The van der Waals surface area contributed by atoms with E-state index >= 15 is 0 Å². The molecule has 110 valence electrons. The van der Waals surface area contributed by atoms with Crippen molar-refractivity contribution in [2.75, 3.05) is 13.2 Å². The number of nitrogens with one attached hydrogen (secondary N) is 1. The molecule has 3 heteroatoms. The number of hydrogen-bond donors (Lipinski definition) is 1. The monoisotopic (exact) mass is 283 g/mol. The molecule has 0 bridgehead atoms. The van der Waals surface area contributed by atoms with Gasteiger partial charge in [0.2, 0.25) is 0 Å². The van der Waals surface area contributed by atoms with Gasteiger partial charge in [-0.25, -0.2) is 0 Å². The summed E-state index contributed by atoms with van der Waals surface area (Å²) in [4.78, 5) is 2.75. The lowest BCUT2D eigenvalue weighted by Crippen LogP contribution is -2.18. The molecule has 0 radical (unpaired) electrons. The average Bonchev–Trinajstić information content (AvgIpc) is 2.81. The molecule has 1 aromatic heterocycles. The maximum atomic E-state index is 5.71. The van der Waals surface area contributed by atoms with Crippen LogP contribution in [0.2, 0.25) is 0 Å². The predicted octanol–water partition coefficient (Wildman–Crippen LogP) is 4.59. The van der Waals surface area contributed by atoms with Gasteiger partial charge in [0.15, 0.2) is 0 Å². The van der Waals surface area contributed by atoms with Gasteiger partial charge in [-0.2, -0.15) is 0 Å². The largest absolute Gasteiger partial charge is 0.376 e. The van der Waals surface area contributed by atoms with Gasteiger partial charge in [-0.1, -0.05) is 40.0 Å². The van der Waals surface area contributed by atoms with Crippen molar-refractivity contribution >= 4 is 11.3 Å². The lowest BCUT2D eigenvalue weighted by atomic mass is 10.2. The van der Waals surface area contributed by atoms with Gasteiger partial charge in [0.05, 0.1) is 6.61 Å². The molecule has 0 atom stereocenters. The van der Waals surface area contributed by atoms with Crippen molar-refractivity contribution in [2.45, 2.75) is 59.6 Å². The Morgan fingerprint density at radius 3 is 2.68 bits per heavy atom. The smallest absolute Gasteiger partial charge is 0.0809 e. The second-order valence-electron chi connectivity index (χ2n) is 5.51. The van der Waals surface area contributed by atoms with Gasteiger partial charge in [-0.15, -0.1) is 11.3 Å². The van der Waals surface area contributed by atoms with Gasteiger partial charge in [0, 0.05) is 22.9 Å². The van der Waals surface area contributed by atoms with Crippen LogP contribution >= 0.6 is 11.3 Å². The topological polar surface area (TPSA) is 21.3 Å². The van der Waals surface area contributed by atoms with Gasteiger partial charge < -0.3 is 10.1 Å². The first-order chi connectivity index (χ1) is 9.22. The highest BCUT2D eigenvalue weighted by molar-refractivity contribution is 7.11. The first-order valence-electron chi connectivity index (χ1n) is 7.58. The molecule has 0 saturated heterocycles. The Balaban J connectivity index is 2.09. The van der Waals surface area contributed by atoms with Crippen LogP contribution in [0.4, 0.5) is 0 Å². The van der Waals surface area contributed by atoms with Crippen molar-refractivity contribution in [1.29, 1.82) is 0 Å². The van der Waals surface area contributed by atoms with Gasteiger partial charge >= 0.3 is 0 Å². The van der Waals surface area contributed by atoms with Crippen LogP contribution in [0.25, 0.3) is 0 Å². The maximum absolute atomic E-state index is 5.71. The van der Waals surface area contributed by atoms with Crippen LogP contribution in [0.5, 0.6) is 0 Å². The van der Waals surface area contributed by atoms with Crippen molar-refractivity contribution in [1.82, 2.24) is 5.32 Å². The molecule has 0 unspecified atom stereocenters. The second-order valence-corrected chi connectivity index (χ2v) is 6.76. The maximum Gasteiger partial charge on any atom is 0.0809 e. The molecule has 2 nitrogen and oxygen atoms in total. The van der Waals surface area contributed by atoms with Crippen LogP contribution in [0.15, 0.2) is 12.1 Å². The summed E-state index contributed by atoms with van der Waals surface area (Å²) in [6, 6.07) is 4.41.